The normalized spacial score (nSPS) is 13.6. The summed E-state index contributed by atoms with van der Waals surface area (Å²) in [7, 11) is 3.22. The van der Waals surface area contributed by atoms with Crippen molar-refractivity contribution in [1.82, 2.24) is 0 Å². The van der Waals surface area contributed by atoms with Gasteiger partial charge in [-0.1, -0.05) is 6.92 Å². The number of methoxy groups -OCH3 is 2. The van der Waals surface area contributed by atoms with Crippen molar-refractivity contribution in [2.45, 2.75) is 65.6 Å². The lowest BCUT2D eigenvalue weighted by Crippen LogP contribution is -2.25. The van der Waals surface area contributed by atoms with Gasteiger partial charge in [-0.25, -0.2) is 0 Å². The number of hydrogen-bond donors (Lipinski definition) is 1. The molecule has 0 rings (SSSR count). The maximum atomic E-state index is 10.7. The molecule has 0 aliphatic heterocycles. The SMILES string of the molecule is CCC(CCC(C)(C)OC)C(=O)O.COCC(C)OC(C)=O. The quantitative estimate of drug-likeness (QED) is 0.658. The Morgan fingerprint density at radius 1 is 1.23 bits per heavy atom. The predicted molar refractivity (Wildman–Crippen MR) is 84.8 cm³/mol. The van der Waals surface area contributed by atoms with E-state index in [0.717, 1.165) is 6.42 Å². The smallest absolute Gasteiger partial charge is 0.306 e. The van der Waals surface area contributed by atoms with Gasteiger partial charge in [0.15, 0.2) is 0 Å². The van der Waals surface area contributed by atoms with Crippen LogP contribution in [-0.4, -0.2) is 49.6 Å². The van der Waals surface area contributed by atoms with E-state index < -0.39 is 5.97 Å². The monoisotopic (exact) mass is 320 g/mol. The molecule has 6 heteroatoms. The van der Waals surface area contributed by atoms with Crippen molar-refractivity contribution < 1.29 is 28.9 Å². The number of ether oxygens (including phenoxy) is 3. The van der Waals surface area contributed by atoms with E-state index in [9.17, 15) is 9.59 Å². The van der Waals surface area contributed by atoms with Crippen LogP contribution in [0.2, 0.25) is 0 Å². The molecule has 2 atom stereocenters. The van der Waals surface area contributed by atoms with Gasteiger partial charge >= 0.3 is 11.9 Å². The third-order valence-electron chi connectivity index (χ3n) is 3.26. The topological polar surface area (TPSA) is 82.1 Å². The molecule has 0 amide bonds. The molecule has 0 saturated carbocycles. The van der Waals surface area contributed by atoms with Gasteiger partial charge in [-0.2, -0.15) is 0 Å². The second-order valence-corrected chi connectivity index (χ2v) is 5.82. The second-order valence-electron chi connectivity index (χ2n) is 5.82. The van der Waals surface area contributed by atoms with Gasteiger partial charge in [-0.05, 0) is 40.0 Å². The molecular formula is C16H32O6. The molecule has 0 radical (unpaired) electrons. The van der Waals surface area contributed by atoms with Gasteiger partial charge in [0.25, 0.3) is 0 Å². The minimum Gasteiger partial charge on any atom is -0.481 e. The van der Waals surface area contributed by atoms with Crippen molar-refractivity contribution in [3.8, 4) is 0 Å². The Labute approximate surface area is 134 Å². The summed E-state index contributed by atoms with van der Waals surface area (Å²) in [5, 5.41) is 8.80. The lowest BCUT2D eigenvalue weighted by atomic mass is 9.93. The summed E-state index contributed by atoms with van der Waals surface area (Å²) in [6, 6.07) is 0. The molecule has 0 bridgehead atoms. The molecule has 1 N–H and O–H groups in total. The number of carboxylic acid groups (broad SMARTS) is 1. The highest BCUT2D eigenvalue weighted by atomic mass is 16.6. The number of rotatable bonds is 9. The zero-order valence-corrected chi connectivity index (χ0v) is 15.0. The van der Waals surface area contributed by atoms with Crippen molar-refractivity contribution in [2.75, 3.05) is 20.8 Å². The lowest BCUT2D eigenvalue weighted by molar-refractivity contribution is -0.147. The molecule has 0 spiro atoms. The Bertz CT molecular complexity index is 314. The van der Waals surface area contributed by atoms with Gasteiger partial charge in [-0.3, -0.25) is 9.59 Å². The first-order chi connectivity index (χ1) is 10.1. The number of esters is 1. The highest BCUT2D eigenvalue weighted by molar-refractivity contribution is 5.69. The van der Waals surface area contributed by atoms with Crippen molar-refractivity contribution in [3.05, 3.63) is 0 Å². The molecule has 22 heavy (non-hydrogen) atoms. The van der Waals surface area contributed by atoms with E-state index in [-0.39, 0.29) is 23.6 Å². The van der Waals surface area contributed by atoms with Crippen molar-refractivity contribution in [1.29, 1.82) is 0 Å². The summed E-state index contributed by atoms with van der Waals surface area (Å²) in [5.41, 5.74) is -0.205. The molecule has 6 nitrogen and oxygen atoms in total. The molecule has 0 aromatic heterocycles. The van der Waals surface area contributed by atoms with Crippen LogP contribution in [0.5, 0.6) is 0 Å². The molecular weight excluding hydrogens is 288 g/mol. The van der Waals surface area contributed by atoms with Gasteiger partial charge in [0.2, 0.25) is 0 Å². The van der Waals surface area contributed by atoms with E-state index in [2.05, 4.69) is 0 Å². The fourth-order valence-electron chi connectivity index (χ4n) is 1.68. The molecule has 0 aliphatic carbocycles. The molecule has 0 aliphatic rings. The predicted octanol–water partition coefficient (Wildman–Crippen LogP) is 2.89. The molecule has 0 aromatic carbocycles. The van der Waals surface area contributed by atoms with Gasteiger partial charge < -0.3 is 19.3 Å². The Morgan fingerprint density at radius 3 is 2.09 bits per heavy atom. The molecule has 0 aromatic rings. The first kappa shape index (κ1) is 23.1. The van der Waals surface area contributed by atoms with Crippen LogP contribution in [-0.2, 0) is 23.8 Å². The number of aliphatic carboxylic acids is 1. The molecule has 132 valence electrons. The van der Waals surface area contributed by atoms with Crippen LogP contribution in [0.4, 0.5) is 0 Å². The third kappa shape index (κ3) is 13.8. The molecule has 2 unspecified atom stereocenters. The number of carboxylic acids is 1. The first-order valence-electron chi connectivity index (χ1n) is 7.53. The van der Waals surface area contributed by atoms with Gasteiger partial charge in [0.1, 0.15) is 6.10 Å². The maximum Gasteiger partial charge on any atom is 0.306 e. The first-order valence-corrected chi connectivity index (χ1v) is 7.53. The molecule has 0 fully saturated rings. The van der Waals surface area contributed by atoms with Crippen LogP contribution in [0.15, 0.2) is 0 Å². The largest absolute Gasteiger partial charge is 0.481 e. The van der Waals surface area contributed by atoms with Crippen LogP contribution in [0, 0.1) is 5.92 Å². The summed E-state index contributed by atoms with van der Waals surface area (Å²) < 4.78 is 14.7. The summed E-state index contributed by atoms with van der Waals surface area (Å²) in [6.45, 7) is 9.47. The van der Waals surface area contributed by atoms with E-state index in [4.69, 9.17) is 19.3 Å². The fraction of sp³-hybridized carbons (Fsp3) is 0.875. The Morgan fingerprint density at radius 2 is 1.77 bits per heavy atom. The van der Waals surface area contributed by atoms with Crippen molar-refractivity contribution in [2.24, 2.45) is 5.92 Å². The zero-order valence-electron chi connectivity index (χ0n) is 15.0. The summed E-state index contributed by atoms with van der Waals surface area (Å²) in [4.78, 5) is 20.9. The Kier molecular flexibility index (Phi) is 13.0. The van der Waals surface area contributed by atoms with E-state index >= 15 is 0 Å². The minimum absolute atomic E-state index is 0.132. The highest BCUT2D eigenvalue weighted by Crippen LogP contribution is 2.21. The van der Waals surface area contributed by atoms with Crippen LogP contribution in [0.3, 0.4) is 0 Å². The van der Waals surface area contributed by atoms with E-state index in [1.807, 2.05) is 20.8 Å². The average molecular weight is 320 g/mol. The fourth-order valence-corrected chi connectivity index (χ4v) is 1.68. The third-order valence-corrected chi connectivity index (χ3v) is 3.26. The average Bonchev–Trinajstić information content (AvgIpc) is 2.39. The Balaban J connectivity index is 0. The highest BCUT2D eigenvalue weighted by Gasteiger charge is 2.21. The lowest BCUT2D eigenvalue weighted by Gasteiger charge is -2.24. The summed E-state index contributed by atoms with van der Waals surface area (Å²) >= 11 is 0. The molecule has 0 saturated heterocycles. The molecule has 0 heterocycles. The Hall–Kier alpha value is -1.14. The van der Waals surface area contributed by atoms with E-state index in [0.29, 0.717) is 19.4 Å². The summed E-state index contributed by atoms with van der Waals surface area (Å²) in [5.74, 6) is -1.19. The van der Waals surface area contributed by atoms with Gasteiger partial charge in [0.05, 0.1) is 18.1 Å². The zero-order chi connectivity index (χ0) is 17.8. The van der Waals surface area contributed by atoms with Crippen LogP contribution >= 0.6 is 0 Å². The van der Waals surface area contributed by atoms with E-state index in [1.54, 1.807) is 21.1 Å². The number of carbonyl (C=O) groups excluding carboxylic acids is 1. The van der Waals surface area contributed by atoms with Crippen molar-refractivity contribution in [3.63, 3.8) is 0 Å². The summed E-state index contributed by atoms with van der Waals surface area (Å²) in [6.07, 6.45) is 2.03. The number of hydrogen-bond acceptors (Lipinski definition) is 5. The second kappa shape index (κ2) is 12.4. The number of carbonyl (C=O) groups is 2. The standard InChI is InChI=1S/C10H20O3.C6H12O3/c1-5-8(9(11)12)6-7-10(2,3)13-4;1-5(4-8-3)9-6(2)7/h8H,5-7H2,1-4H3,(H,11,12);5H,4H2,1-3H3. The van der Waals surface area contributed by atoms with Crippen molar-refractivity contribution >= 4 is 11.9 Å². The van der Waals surface area contributed by atoms with Crippen LogP contribution in [0.1, 0.15) is 53.9 Å². The van der Waals surface area contributed by atoms with Gasteiger partial charge in [-0.15, -0.1) is 0 Å². The van der Waals surface area contributed by atoms with E-state index in [1.165, 1.54) is 6.92 Å². The van der Waals surface area contributed by atoms with Crippen LogP contribution < -0.4 is 0 Å². The van der Waals surface area contributed by atoms with Crippen LogP contribution in [0.25, 0.3) is 0 Å². The van der Waals surface area contributed by atoms with Gasteiger partial charge in [0, 0.05) is 21.1 Å². The maximum absolute atomic E-state index is 10.7. The minimum atomic E-state index is -0.700.